The maximum absolute atomic E-state index is 14.2. The van der Waals surface area contributed by atoms with Crippen LogP contribution in [0.4, 0.5) is 4.79 Å². The molecule has 1 aromatic carbocycles. The maximum Gasteiger partial charge on any atom is 0.408 e. The Hall–Kier alpha value is -3.54. The first-order chi connectivity index (χ1) is 19.3. The molecule has 0 saturated carbocycles. The lowest BCUT2D eigenvalue weighted by molar-refractivity contribution is -0.144. The van der Waals surface area contributed by atoms with Crippen molar-refractivity contribution in [3.63, 3.8) is 0 Å². The molecule has 9 heteroatoms. The van der Waals surface area contributed by atoms with E-state index in [4.69, 9.17) is 15.9 Å². The van der Waals surface area contributed by atoms with Crippen molar-refractivity contribution in [1.82, 2.24) is 15.5 Å². The van der Waals surface area contributed by atoms with E-state index >= 15 is 0 Å². The molecule has 1 aromatic rings. The molecule has 0 aliphatic carbocycles. The highest BCUT2D eigenvalue weighted by Gasteiger charge is 2.36. The highest BCUT2D eigenvalue weighted by molar-refractivity contribution is 5.92. The molecule has 2 atom stereocenters. The van der Waals surface area contributed by atoms with Crippen molar-refractivity contribution >= 4 is 23.9 Å². The van der Waals surface area contributed by atoms with Gasteiger partial charge in [0.25, 0.3) is 0 Å². The minimum atomic E-state index is -1.01. The second-order valence-corrected chi connectivity index (χ2v) is 11.4. The van der Waals surface area contributed by atoms with E-state index in [0.717, 1.165) is 19.3 Å². The van der Waals surface area contributed by atoms with Crippen LogP contribution in [0.1, 0.15) is 104 Å². The van der Waals surface area contributed by atoms with E-state index in [1.165, 1.54) is 4.90 Å². The van der Waals surface area contributed by atoms with Crippen LogP contribution < -0.4 is 10.6 Å². The van der Waals surface area contributed by atoms with E-state index in [2.05, 4.69) is 23.5 Å². The molecule has 0 bridgehead atoms. The molecule has 0 spiro atoms. The molecule has 2 unspecified atom stereocenters. The molecule has 0 aromatic heterocycles. The number of ether oxygens (including phenoxy) is 2. The van der Waals surface area contributed by atoms with Gasteiger partial charge in [-0.25, -0.2) is 4.79 Å². The number of alkyl carbamates (subject to hydrolysis) is 1. The fourth-order valence-corrected chi connectivity index (χ4v) is 4.27. The van der Waals surface area contributed by atoms with Crippen molar-refractivity contribution in [3.8, 4) is 12.3 Å². The second-order valence-electron chi connectivity index (χ2n) is 11.4. The number of hydrogen-bond acceptors (Lipinski definition) is 6. The summed E-state index contributed by atoms with van der Waals surface area (Å²) in [6, 6.07) is 4.99. The zero-order valence-electron chi connectivity index (χ0n) is 25.9. The zero-order valence-corrected chi connectivity index (χ0v) is 25.9. The van der Waals surface area contributed by atoms with Gasteiger partial charge < -0.3 is 25.0 Å². The summed E-state index contributed by atoms with van der Waals surface area (Å²) in [7, 11) is 0. The van der Waals surface area contributed by atoms with E-state index in [1.54, 1.807) is 52.0 Å². The molecule has 0 saturated heterocycles. The van der Waals surface area contributed by atoms with Gasteiger partial charge in [-0.3, -0.25) is 14.4 Å². The van der Waals surface area contributed by atoms with Gasteiger partial charge in [-0.1, -0.05) is 58.1 Å². The maximum atomic E-state index is 14.2. The number of terminal acetylenes is 1. The highest BCUT2D eigenvalue weighted by atomic mass is 16.6. The van der Waals surface area contributed by atoms with Crippen molar-refractivity contribution in [1.29, 1.82) is 0 Å². The van der Waals surface area contributed by atoms with Gasteiger partial charge in [-0.15, -0.1) is 6.42 Å². The first kappa shape index (κ1) is 35.5. The van der Waals surface area contributed by atoms with Crippen molar-refractivity contribution in [2.75, 3.05) is 19.7 Å². The van der Waals surface area contributed by atoms with Crippen LogP contribution in [0.25, 0.3) is 0 Å². The van der Waals surface area contributed by atoms with Gasteiger partial charge in [0, 0.05) is 18.7 Å². The minimum Gasteiger partial charge on any atom is -0.466 e. The lowest BCUT2D eigenvalue weighted by Crippen LogP contribution is -2.53. The molecule has 0 radical (unpaired) electrons. The number of carbonyl (C=O) groups excluding carboxylic acids is 4. The summed E-state index contributed by atoms with van der Waals surface area (Å²) in [5, 5.41) is 5.55. The summed E-state index contributed by atoms with van der Waals surface area (Å²) < 4.78 is 10.4. The topological polar surface area (TPSA) is 114 Å². The fraction of sp³-hybridized carbons (Fsp3) is 0.625. The average Bonchev–Trinajstić information content (AvgIpc) is 2.88. The lowest BCUT2D eigenvalue weighted by Gasteiger charge is -2.35. The van der Waals surface area contributed by atoms with Crippen molar-refractivity contribution in [2.45, 2.75) is 105 Å². The Morgan fingerprint density at radius 3 is 2.22 bits per heavy atom. The number of carbonyl (C=O) groups is 4. The first-order valence-corrected chi connectivity index (χ1v) is 14.6. The van der Waals surface area contributed by atoms with Crippen LogP contribution in [-0.2, 0) is 23.9 Å². The van der Waals surface area contributed by atoms with E-state index < -0.39 is 35.7 Å². The molecule has 0 aliphatic rings. The normalized spacial score (nSPS) is 12.6. The predicted molar refractivity (Wildman–Crippen MR) is 160 cm³/mol. The Bertz CT molecular complexity index is 1020. The number of unbranched alkanes of at least 4 members (excludes halogenated alkanes) is 3. The molecule has 41 heavy (non-hydrogen) atoms. The predicted octanol–water partition coefficient (Wildman–Crippen LogP) is 5.13. The molecule has 0 aliphatic heterocycles. The van der Waals surface area contributed by atoms with E-state index in [9.17, 15) is 19.2 Å². The van der Waals surface area contributed by atoms with E-state index in [1.807, 2.05) is 13.8 Å². The molecule has 0 heterocycles. The third-order valence-corrected chi connectivity index (χ3v) is 6.12. The van der Waals surface area contributed by atoms with Crippen LogP contribution >= 0.6 is 0 Å². The van der Waals surface area contributed by atoms with Gasteiger partial charge in [0.05, 0.1) is 13.0 Å². The number of hydrogen-bond donors (Lipinski definition) is 2. The molecular formula is C32H49N3O6. The SMILES string of the molecule is C#Cc1ccc(C(C(=O)NCCC(=O)OCC)N(CCCCCC)C(=O)C(CC(C)C)NC(=O)OC(C)(C)C)cc1. The molecule has 1 rings (SSSR count). The third kappa shape index (κ3) is 13.6. The van der Waals surface area contributed by atoms with E-state index in [0.29, 0.717) is 30.5 Å². The molecule has 0 fully saturated rings. The monoisotopic (exact) mass is 571 g/mol. The third-order valence-electron chi connectivity index (χ3n) is 6.12. The van der Waals surface area contributed by atoms with Crippen LogP contribution in [0, 0.1) is 18.3 Å². The number of esters is 1. The summed E-state index contributed by atoms with van der Waals surface area (Å²) in [4.78, 5) is 54.1. The molecule has 228 valence electrons. The summed E-state index contributed by atoms with van der Waals surface area (Å²) >= 11 is 0. The van der Waals surface area contributed by atoms with Crippen molar-refractivity contribution in [2.24, 2.45) is 5.92 Å². The number of rotatable bonds is 16. The number of benzene rings is 1. The quantitative estimate of drug-likeness (QED) is 0.162. The average molecular weight is 572 g/mol. The zero-order chi connectivity index (χ0) is 31.0. The van der Waals surface area contributed by atoms with Crippen molar-refractivity contribution in [3.05, 3.63) is 35.4 Å². The Morgan fingerprint density at radius 1 is 1.02 bits per heavy atom. The number of amides is 3. The molecule has 3 amide bonds. The number of nitrogens with one attached hydrogen (secondary N) is 2. The summed E-state index contributed by atoms with van der Waals surface area (Å²) in [6.45, 7) is 13.6. The Labute approximate surface area is 246 Å². The lowest BCUT2D eigenvalue weighted by atomic mass is 9.98. The van der Waals surface area contributed by atoms with Crippen molar-refractivity contribution < 1.29 is 28.7 Å². The van der Waals surface area contributed by atoms with Gasteiger partial charge in [0.15, 0.2) is 0 Å². The van der Waals surface area contributed by atoms with Gasteiger partial charge in [0.1, 0.15) is 17.7 Å². The molecule has 9 nitrogen and oxygen atoms in total. The molecular weight excluding hydrogens is 522 g/mol. The summed E-state index contributed by atoms with van der Waals surface area (Å²) in [5.74, 6) is 1.40. The molecule has 2 N–H and O–H groups in total. The van der Waals surface area contributed by atoms with E-state index in [-0.39, 0.29) is 31.4 Å². The second kappa shape index (κ2) is 18.0. The van der Waals surface area contributed by atoms with Gasteiger partial charge >= 0.3 is 12.1 Å². The highest BCUT2D eigenvalue weighted by Crippen LogP contribution is 2.25. The van der Waals surface area contributed by atoms with Crippen LogP contribution in [0.15, 0.2) is 24.3 Å². The van der Waals surface area contributed by atoms with Gasteiger partial charge in [0.2, 0.25) is 11.8 Å². The minimum absolute atomic E-state index is 0.00293. The van der Waals surface area contributed by atoms with Crippen LogP contribution in [0.5, 0.6) is 0 Å². The van der Waals surface area contributed by atoms with Crippen LogP contribution in [0.2, 0.25) is 0 Å². The van der Waals surface area contributed by atoms with Gasteiger partial charge in [-0.05, 0) is 64.2 Å². The van der Waals surface area contributed by atoms with Crippen LogP contribution in [0.3, 0.4) is 0 Å². The Kier molecular flexibility index (Phi) is 15.6. The standard InChI is InChI=1S/C32H49N3O6/c1-9-12-13-14-21-35(30(38)26(22-23(4)5)34-31(39)41-32(6,7)8)28(25-17-15-24(10-2)16-18-25)29(37)33-20-19-27(36)40-11-3/h2,15-18,23,26,28H,9,11-14,19-22H2,1,3-8H3,(H,33,37)(H,34,39). The number of nitrogens with zero attached hydrogens (tertiary/aromatic N) is 1. The smallest absolute Gasteiger partial charge is 0.408 e. The largest absolute Gasteiger partial charge is 0.466 e. The Balaban J connectivity index is 3.47. The Morgan fingerprint density at radius 2 is 1.68 bits per heavy atom. The van der Waals surface area contributed by atoms with Crippen LogP contribution in [-0.4, -0.2) is 60.1 Å². The first-order valence-electron chi connectivity index (χ1n) is 14.6. The summed E-state index contributed by atoms with van der Waals surface area (Å²) in [6.07, 6.45) is 8.76. The van der Waals surface area contributed by atoms with Gasteiger partial charge in [-0.2, -0.15) is 0 Å². The summed E-state index contributed by atoms with van der Waals surface area (Å²) in [5.41, 5.74) is 0.470. The fourth-order valence-electron chi connectivity index (χ4n) is 4.27.